The van der Waals surface area contributed by atoms with Crippen molar-refractivity contribution in [2.45, 2.75) is 6.18 Å². The molecule has 1 heterocycles. The molecular weight excluding hydrogens is 389 g/mol. The highest BCUT2D eigenvalue weighted by Crippen LogP contribution is 2.37. The SMILES string of the molecule is N#Cc1c(Nc2ccccc2)sc(C(=O)Nc2cccc(C(F)(F)F)c2)c1N. The van der Waals surface area contributed by atoms with E-state index >= 15 is 0 Å². The predicted molar refractivity (Wildman–Crippen MR) is 103 cm³/mol. The number of halogens is 3. The number of anilines is 4. The number of nitrogen functional groups attached to an aromatic ring is 1. The van der Waals surface area contributed by atoms with Gasteiger partial charge in [-0.05, 0) is 30.3 Å². The Hall–Kier alpha value is -3.51. The molecule has 0 saturated heterocycles. The number of rotatable bonds is 4. The molecule has 3 aromatic rings. The van der Waals surface area contributed by atoms with E-state index in [9.17, 15) is 23.2 Å². The summed E-state index contributed by atoms with van der Waals surface area (Å²) in [7, 11) is 0. The van der Waals surface area contributed by atoms with Crippen LogP contribution in [0.15, 0.2) is 54.6 Å². The van der Waals surface area contributed by atoms with Gasteiger partial charge >= 0.3 is 6.18 Å². The number of hydrogen-bond acceptors (Lipinski definition) is 5. The molecule has 0 bridgehead atoms. The third kappa shape index (κ3) is 4.07. The van der Waals surface area contributed by atoms with Gasteiger partial charge in [-0.15, -0.1) is 11.3 Å². The van der Waals surface area contributed by atoms with Gasteiger partial charge < -0.3 is 16.4 Å². The molecule has 4 N–H and O–H groups in total. The second-order valence-corrected chi connectivity index (χ2v) is 6.71. The molecule has 2 aromatic carbocycles. The zero-order chi connectivity index (χ0) is 20.3. The van der Waals surface area contributed by atoms with Crippen LogP contribution in [0, 0.1) is 11.3 Å². The fourth-order valence-electron chi connectivity index (χ4n) is 2.43. The number of thiophene rings is 1. The second-order valence-electron chi connectivity index (χ2n) is 5.68. The molecule has 1 amide bonds. The van der Waals surface area contributed by atoms with Gasteiger partial charge in [0.25, 0.3) is 5.91 Å². The number of nitrogens with one attached hydrogen (secondary N) is 2. The third-order valence-electron chi connectivity index (χ3n) is 3.74. The highest BCUT2D eigenvalue weighted by molar-refractivity contribution is 7.19. The minimum absolute atomic E-state index is 0.0244. The molecule has 9 heteroatoms. The van der Waals surface area contributed by atoms with Gasteiger partial charge in [0.05, 0.1) is 11.3 Å². The van der Waals surface area contributed by atoms with E-state index in [1.165, 1.54) is 12.1 Å². The van der Waals surface area contributed by atoms with Crippen molar-refractivity contribution in [1.29, 1.82) is 5.26 Å². The number of alkyl halides is 3. The summed E-state index contributed by atoms with van der Waals surface area (Å²) in [6.45, 7) is 0. The Morgan fingerprint density at radius 1 is 1.07 bits per heavy atom. The highest BCUT2D eigenvalue weighted by Gasteiger charge is 2.30. The van der Waals surface area contributed by atoms with E-state index in [0.29, 0.717) is 10.7 Å². The second kappa shape index (κ2) is 7.62. The molecule has 0 aliphatic rings. The van der Waals surface area contributed by atoms with Crippen molar-refractivity contribution in [1.82, 2.24) is 0 Å². The van der Waals surface area contributed by atoms with Crippen LogP contribution in [0.4, 0.5) is 35.2 Å². The van der Waals surface area contributed by atoms with Crippen LogP contribution in [0.1, 0.15) is 20.8 Å². The zero-order valence-corrected chi connectivity index (χ0v) is 15.0. The normalized spacial score (nSPS) is 10.9. The fraction of sp³-hybridized carbons (Fsp3) is 0.0526. The quantitative estimate of drug-likeness (QED) is 0.558. The van der Waals surface area contributed by atoms with Crippen LogP contribution in [-0.2, 0) is 6.18 Å². The van der Waals surface area contributed by atoms with Gasteiger partial charge in [0.2, 0.25) is 0 Å². The number of nitriles is 1. The Kier molecular flexibility index (Phi) is 5.24. The molecular formula is C19H13F3N4OS. The largest absolute Gasteiger partial charge is 0.416 e. The van der Waals surface area contributed by atoms with Gasteiger partial charge in [0.15, 0.2) is 0 Å². The third-order valence-corrected chi connectivity index (χ3v) is 4.86. The summed E-state index contributed by atoms with van der Waals surface area (Å²) < 4.78 is 38.5. The molecule has 0 spiro atoms. The number of hydrogen-bond donors (Lipinski definition) is 3. The van der Waals surface area contributed by atoms with Crippen molar-refractivity contribution in [3.63, 3.8) is 0 Å². The maximum Gasteiger partial charge on any atom is 0.416 e. The molecule has 0 atom stereocenters. The Morgan fingerprint density at radius 3 is 2.39 bits per heavy atom. The number of carbonyl (C=O) groups excluding carboxylic acids is 1. The molecule has 5 nitrogen and oxygen atoms in total. The maximum absolute atomic E-state index is 12.8. The van der Waals surface area contributed by atoms with E-state index in [-0.39, 0.29) is 21.8 Å². The summed E-state index contributed by atoms with van der Waals surface area (Å²) in [6.07, 6.45) is -4.52. The van der Waals surface area contributed by atoms with Crippen LogP contribution in [0.2, 0.25) is 0 Å². The standard InChI is InChI=1S/C19H13F3N4OS/c20-19(21,22)11-5-4-8-13(9-11)25-17(27)16-15(24)14(10-23)18(28-16)26-12-6-2-1-3-7-12/h1-9,26H,24H2,(H,25,27). The first-order chi connectivity index (χ1) is 13.3. The van der Waals surface area contributed by atoms with E-state index < -0.39 is 17.6 Å². The lowest BCUT2D eigenvalue weighted by molar-refractivity contribution is -0.137. The van der Waals surface area contributed by atoms with Crippen LogP contribution in [0.5, 0.6) is 0 Å². The number of benzene rings is 2. The zero-order valence-electron chi connectivity index (χ0n) is 14.2. The summed E-state index contributed by atoms with van der Waals surface area (Å²) >= 11 is 0.950. The van der Waals surface area contributed by atoms with Gasteiger partial charge in [-0.25, -0.2) is 0 Å². The molecule has 0 fully saturated rings. The number of carbonyl (C=O) groups is 1. The highest BCUT2D eigenvalue weighted by atomic mass is 32.1. The Balaban J connectivity index is 1.87. The first-order valence-corrected chi connectivity index (χ1v) is 8.74. The smallest absolute Gasteiger partial charge is 0.396 e. The minimum Gasteiger partial charge on any atom is -0.396 e. The van der Waals surface area contributed by atoms with E-state index in [4.69, 9.17) is 5.73 Å². The lowest BCUT2D eigenvalue weighted by atomic mass is 10.2. The number of amides is 1. The van der Waals surface area contributed by atoms with E-state index in [0.717, 1.165) is 23.5 Å². The summed E-state index contributed by atoms with van der Waals surface area (Å²) in [6, 6.07) is 15.2. The average Bonchev–Trinajstić information content (AvgIpc) is 2.97. The molecule has 28 heavy (non-hydrogen) atoms. The lowest BCUT2D eigenvalue weighted by Gasteiger charge is -2.09. The van der Waals surface area contributed by atoms with Crippen LogP contribution >= 0.6 is 11.3 Å². The molecule has 0 aliphatic carbocycles. The van der Waals surface area contributed by atoms with Crippen molar-refractivity contribution in [3.8, 4) is 6.07 Å². The first-order valence-electron chi connectivity index (χ1n) is 7.92. The molecule has 0 unspecified atom stereocenters. The molecule has 3 rings (SSSR count). The monoisotopic (exact) mass is 402 g/mol. The minimum atomic E-state index is -4.52. The van der Waals surface area contributed by atoms with E-state index in [1.54, 1.807) is 24.3 Å². The summed E-state index contributed by atoms with van der Waals surface area (Å²) in [5.41, 5.74) is 5.79. The topological polar surface area (TPSA) is 90.9 Å². The molecule has 0 saturated carbocycles. The van der Waals surface area contributed by atoms with Gasteiger partial charge in [-0.1, -0.05) is 24.3 Å². The Bertz CT molecular complexity index is 1060. The van der Waals surface area contributed by atoms with E-state index in [2.05, 4.69) is 10.6 Å². The van der Waals surface area contributed by atoms with Crippen LogP contribution in [0.25, 0.3) is 0 Å². The Morgan fingerprint density at radius 2 is 1.75 bits per heavy atom. The lowest BCUT2D eigenvalue weighted by Crippen LogP contribution is -2.13. The fourth-order valence-corrected chi connectivity index (χ4v) is 3.41. The van der Waals surface area contributed by atoms with Crippen molar-refractivity contribution in [2.75, 3.05) is 16.4 Å². The maximum atomic E-state index is 12.8. The average molecular weight is 402 g/mol. The van der Waals surface area contributed by atoms with Crippen molar-refractivity contribution in [3.05, 3.63) is 70.6 Å². The Labute approximate surface area is 162 Å². The van der Waals surface area contributed by atoms with Crippen LogP contribution in [0.3, 0.4) is 0 Å². The van der Waals surface area contributed by atoms with Crippen molar-refractivity contribution in [2.24, 2.45) is 0 Å². The number of para-hydroxylation sites is 1. The van der Waals surface area contributed by atoms with Gasteiger partial charge in [0, 0.05) is 11.4 Å². The van der Waals surface area contributed by atoms with Gasteiger partial charge in [-0.3, -0.25) is 4.79 Å². The van der Waals surface area contributed by atoms with E-state index in [1.807, 2.05) is 12.1 Å². The summed E-state index contributed by atoms with van der Waals surface area (Å²) in [4.78, 5) is 12.6. The van der Waals surface area contributed by atoms with Crippen molar-refractivity contribution < 1.29 is 18.0 Å². The van der Waals surface area contributed by atoms with Gasteiger partial charge in [0.1, 0.15) is 21.5 Å². The van der Waals surface area contributed by atoms with Crippen LogP contribution < -0.4 is 16.4 Å². The van der Waals surface area contributed by atoms with Crippen molar-refractivity contribution >= 4 is 39.3 Å². The summed E-state index contributed by atoms with van der Waals surface area (Å²) in [5.74, 6) is -0.695. The molecule has 0 aliphatic heterocycles. The molecule has 1 aromatic heterocycles. The number of nitrogens with zero attached hydrogens (tertiary/aromatic N) is 1. The molecule has 142 valence electrons. The van der Waals surface area contributed by atoms with Gasteiger partial charge in [-0.2, -0.15) is 18.4 Å². The van der Waals surface area contributed by atoms with Crippen LogP contribution in [-0.4, -0.2) is 5.91 Å². The predicted octanol–water partition coefficient (Wildman–Crippen LogP) is 5.22. The molecule has 0 radical (unpaired) electrons. The number of nitrogens with two attached hydrogens (primary N) is 1. The first kappa shape index (κ1) is 19.3. The summed E-state index contributed by atoms with van der Waals surface area (Å²) in [5, 5.41) is 15.2.